The van der Waals surface area contributed by atoms with Crippen molar-refractivity contribution in [1.29, 1.82) is 0 Å². The topological polar surface area (TPSA) is 6.25 Å². The van der Waals surface area contributed by atoms with Gasteiger partial charge in [0, 0.05) is 0 Å². The molecule has 0 N–H and O–H groups in total. The molecule has 4 atom stereocenters. The van der Waals surface area contributed by atoms with E-state index in [1.165, 1.54) is 47.9 Å². The molecule has 4 aromatic rings. The lowest BCUT2D eigenvalue weighted by Gasteiger charge is -2.26. The lowest BCUT2D eigenvalue weighted by atomic mass is 10.0. The van der Waals surface area contributed by atoms with Crippen LogP contribution < -0.4 is 0 Å². The molecular weight excluding hydrogens is 511 g/mol. The Kier molecular flexibility index (Phi) is 8.68. The fourth-order valence-electron chi connectivity index (χ4n) is 6.19. The van der Waals surface area contributed by atoms with Crippen molar-refractivity contribution in [3.8, 4) is 0 Å². The molecule has 0 aromatic heterocycles. The Balaban J connectivity index is 0.000000595. The van der Waals surface area contributed by atoms with Crippen molar-refractivity contribution in [2.45, 2.75) is 49.9 Å². The van der Waals surface area contributed by atoms with Crippen molar-refractivity contribution in [1.82, 2.24) is 4.90 Å². The van der Waals surface area contributed by atoms with Crippen LogP contribution in [-0.4, -0.2) is 23.1 Å². The summed E-state index contributed by atoms with van der Waals surface area (Å²) >= 11 is 0. The second-order valence-corrected chi connectivity index (χ2v) is 10.4. The van der Waals surface area contributed by atoms with E-state index in [4.69, 9.17) is 0 Å². The van der Waals surface area contributed by atoms with Gasteiger partial charge in [-0.05, 0) is 47.9 Å². The molecule has 0 radical (unpaired) electrons. The van der Waals surface area contributed by atoms with E-state index in [9.17, 15) is 17.3 Å². The summed E-state index contributed by atoms with van der Waals surface area (Å²) < 4.78 is 41.7. The Labute approximate surface area is 233 Å². The largest absolute Gasteiger partial charge is 0.673 e. The zero-order chi connectivity index (χ0) is 28.0. The van der Waals surface area contributed by atoms with E-state index >= 15 is 0 Å². The number of halogens is 4. The van der Waals surface area contributed by atoms with Gasteiger partial charge in [0.15, 0.2) is 0 Å². The zero-order valence-corrected chi connectivity index (χ0v) is 22.2. The molecule has 2 fully saturated rings. The molecule has 0 spiro atoms. The summed E-state index contributed by atoms with van der Waals surface area (Å²) in [7, 11) is -6.00. The van der Waals surface area contributed by atoms with E-state index in [1.807, 2.05) is 0 Å². The van der Waals surface area contributed by atoms with Crippen LogP contribution in [0.3, 0.4) is 0 Å². The van der Waals surface area contributed by atoms with Crippen LogP contribution in [0.15, 0.2) is 121 Å². The SMILES string of the molecule is C(N1C(c2ccccc2)CCC1c1ccccc1)=[N+]1C(c2ccccc2)CCC1c1ccccc1.F[B-](F)(F)F. The Morgan fingerprint density at radius 1 is 0.500 bits per heavy atom. The zero-order valence-electron chi connectivity index (χ0n) is 22.2. The quantitative estimate of drug-likeness (QED) is 0.105. The second-order valence-electron chi connectivity index (χ2n) is 10.4. The van der Waals surface area contributed by atoms with E-state index < -0.39 is 7.25 Å². The highest BCUT2D eigenvalue weighted by Gasteiger charge is 2.42. The Hall–Kier alpha value is -3.87. The van der Waals surface area contributed by atoms with Gasteiger partial charge in [-0.3, -0.25) is 9.48 Å². The Morgan fingerprint density at radius 2 is 0.800 bits per heavy atom. The molecule has 0 aliphatic carbocycles. The molecule has 40 heavy (non-hydrogen) atoms. The smallest absolute Gasteiger partial charge is 0.418 e. The number of likely N-dealkylation sites (tertiary alicyclic amines) is 1. The van der Waals surface area contributed by atoms with E-state index in [-0.39, 0.29) is 0 Å². The number of hydrogen-bond donors (Lipinski definition) is 0. The monoisotopic (exact) mass is 544 g/mol. The Bertz CT molecular complexity index is 1260. The lowest BCUT2D eigenvalue weighted by molar-refractivity contribution is -0.590. The highest BCUT2D eigenvalue weighted by Crippen LogP contribution is 2.45. The van der Waals surface area contributed by atoms with Gasteiger partial charge < -0.3 is 17.3 Å². The minimum absolute atomic E-state index is 0.384. The van der Waals surface area contributed by atoms with Crippen LogP contribution in [0, 0.1) is 0 Å². The molecule has 4 unspecified atom stereocenters. The third-order valence-corrected chi connectivity index (χ3v) is 7.87. The number of nitrogens with zero attached hydrogens (tertiary/aromatic N) is 2. The molecule has 206 valence electrons. The summed E-state index contributed by atoms with van der Waals surface area (Å²) in [6.07, 6.45) is 7.17. The predicted molar refractivity (Wildman–Crippen MR) is 154 cm³/mol. The second kappa shape index (κ2) is 12.5. The van der Waals surface area contributed by atoms with Crippen LogP contribution in [0.2, 0.25) is 0 Å². The third-order valence-electron chi connectivity index (χ3n) is 7.87. The molecule has 0 amide bonds. The maximum atomic E-state index is 9.75. The maximum Gasteiger partial charge on any atom is 0.673 e. The average molecular weight is 544 g/mol. The summed E-state index contributed by atoms with van der Waals surface area (Å²) in [6.45, 7) is 0. The van der Waals surface area contributed by atoms with Gasteiger partial charge >= 0.3 is 7.25 Å². The van der Waals surface area contributed by atoms with Crippen LogP contribution in [0.1, 0.15) is 72.1 Å². The first-order valence-corrected chi connectivity index (χ1v) is 13.9. The molecule has 6 rings (SSSR count). The fourth-order valence-corrected chi connectivity index (χ4v) is 6.19. The molecule has 7 heteroatoms. The van der Waals surface area contributed by atoms with Crippen LogP contribution in [0.25, 0.3) is 0 Å². The maximum absolute atomic E-state index is 9.75. The van der Waals surface area contributed by atoms with Gasteiger partial charge in [0.1, 0.15) is 24.2 Å². The van der Waals surface area contributed by atoms with Gasteiger partial charge in [0.25, 0.3) is 0 Å². The fraction of sp³-hybridized carbons (Fsp3) is 0.242. The lowest BCUT2D eigenvalue weighted by Crippen LogP contribution is -2.31. The van der Waals surface area contributed by atoms with Gasteiger partial charge in [-0.25, -0.2) is 0 Å². The first-order valence-electron chi connectivity index (χ1n) is 13.9. The van der Waals surface area contributed by atoms with E-state index in [1.54, 1.807) is 0 Å². The molecular formula is C33H33BF4N2. The number of rotatable bonds is 5. The van der Waals surface area contributed by atoms with Gasteiger partial charge in [-0.1, -0.05) is 121 Å². The van der Waals surface area contributed by atoms with Gasteiger partial charge in [0.05, 0.1) is 0 Å². The van der Waals surface area contributed by atoms with Crippen LogP contribution in [0.4, 0.5) is 17.3 Å². The number of hydrogen-bond acceptors (Lipinski definition) is 0. The molecule has 2 heterocycles. The van der Waals surface area contributed by atoms with E-state index in [2.05, 4.69) is 137 Å². The third kappa shape index (κ3) is 6.82. The van der Waals surface area contributed by atoms with Gasteiger partial charge in [-0.2, -0.15) is 0 Å². The van der Waals surface area contributed by atoms with Crippen LogP contribution in [0.5, 0.6) is 0 Å². The van der Waals surface area contributed by atoms with Crippen LogP contribution in [-0.2, 0) is 0 Å². The molecule has 2 aliphatic rings. The van der Waals surface area contributed by atoms with Crippen molar-refractivity contribution in [3.63, 3.8) is 0 Å². The summed E-state index contributed by atoms with van der Waals surface area (Å²) in [6, 6.07) is 45.8. The standard InChI is InChI=1S/C33H33N2.BF4/c1-5-13-26(14-6-1)30-21-22-31(27-15-7-2-8-16-27)34(30)25-35-32(28-17-9-3-10-18-28)23-24-33(35)29-19-11-4-12-20-29;2-1(3,4)5/h1-20,25,30-33H,21-24H2;/q+1;-1. The highest BCUT2D eigenvalue weighted by atomic mass is 19.5. The molecule has 2 nitrogen and oxygen atoms in total. The minimum Gasteiger partial charge on any atom is -0.418 e. The first-order chi connectivity index (χ1) is 19.4. The normalized spacial score (nSPS) is 22.5. The van der Waals surface area contributed by atoms with Crippen molar-refractivity contribution >= 4 is 13.6 Å². The summed E-state index contributed by atoms with van der Waals surface area (Å²) in [5.74, 6) is 0. The van der Waals surface area contributed by atoms with Crippen molar-refractivity contribution in [3.05, 3.63) is 144 Å². The predicted octanol–water partition coefficient (Wildman–Crippen LogP) is 9.18. The molecule has 0 bridgehead atoms. The minimum atomic E-state index is -6.00. The Morgan fingerprint density at radius 3 is 1.12 bits per heavy atom. The highest BCUT2D eigenvalue weighted by molar-refractivity contribution is 6.50. The summed E-state index contributed by atoms with van der Waals surface area (Å²) in [5.41, 5.74) is 5.64. The number of benzene rings is 4. The summed E-state index contributed by atoms with van der Waals surface area (Å²) in [4.78, 5) is 2.67. The molecule has 2 aliphatic heterocycles. The van der Waals surface area contributed by atoms with Crippen molar-refractivity contribution < 1.29 is 21.8 Å². The van der Waals surface area contributed by atoms with E-state index in [0.717, 1.165) is 0 Å². The molecule has 0 saturated carbocycles. The van der Waals surface area contributed by atoms with Gasteiger partial charge in [0.2, 0.25) is 6.34 Å². The van der Waals surface area contributed by atoms with Crippen LogP contribution >= 0.6 is 0 Å². The summed E-state index contributed by atoms with van der Waals surface area (Å²) in [5, 5.41) is 0. The van der Waals surface area contributed by atoms with Crippen molar-refractivity contribution in [2.24, 2.45) is 0 Å². The molecule has 2 saturated heterocycles. The average Bonchev–Trinajstić information content (AvgIpc) is 3.59. The van der Waals surface area contributed by atoms with Crippen molar-refractivity contribution in [2.75, 3.05) is 0 Å². The van der Waals surface area contributed by atoms with Gasteiger partial charge in [-0.15, -0.1) is 0 Å². The first kappa shape index (κ1) is 27.7. The molecule has 4 aromatic carbocycles. The van der Waals surface area contributed by atoms with E-state index in [0.29, 0.717) is 24.2 Å².